The Balaban J connectivity index is 1.68. The number of pyridine rings is 1. The molecule has 3 amide bonds. The Morgan fingerprint density at radius 2 is 1.73 bits per heavy atom. The summed E-state index contributed by atoms with van der Waals surface area (Å²) in [5.74, 6) is -0.285. The first-order valence-corrected chi connectivity index (χ1v) is 13.3. The summed E-state index contributed by atoms with van der Waals surface area (Å²) in [6.45, 7) is 8.97. The fraction of sp³-hybridized carbons (Fsp3) is 0.222. The van der Waals surface area contributed by atoms with Gasteiger partial charge in [0.2, 0.25) is 0 Å². The molecule has 9 nitrogen and oxygen atoms in total. The molecule has 37 heavy (non-hydrogen) atoms. The van der Waals surface area contributed by atoms with E-state index in [0.717, 1.165) is 17.6 Å². The molecule has 3 aromatic rings. The van der Waals surface area contributed by atoms with Gasteiger partial charge in [0.25, 0.3) is 15.9 Å². The van der Waals surface area contributed by atoms with E-state index >= 15 is 0 Å². The van der Waals surface area contributed by atoms with E-state index in [4.69, 9.17) is 0 Å². The van der Waals surface area contributed by atoms with Crippen molar-refractivity contribution in [1.29, 1.82) is 0 Å². The van der Waals surface area contributed by atoms with E-state index in [1.165, 1.54) is 24.3 Å². The van der Waals surface area contributed by atoms with E-state index in [-0.39, 0.29) is 22.1 Å². The molecule has 194 valence electrons. The smallest absolute Gasteiger partial charge is 0.319 e. The number of nitrogens with zero attached hydrogens (tertiary/aromatic N) is 2. The topological polar surface area (TPSA) is 121 Å². The number of nitrogens with one attached hydrogen (secondary N) is 3. The lowest BCUT2D eigenvalue weighted by atomic mass is 10.1. The Hall–Kier alpha value is -4.18. The van der Waals surface area contributed by atoms with Gasteiger partial charge in [-0.1, -0.05) is 37.3 Å². The third kappa shape index (κ3) is 7.65. The number of likely N-dealkylation sites (N-methyl/N-ethyl adjacent to an activating group) is 1. The Morgan fingerprint density at radius 3 is 2.38 bits per heavy atom. The van der Waals surface area contributed by atoms with Crippen LogP contribution in [0.5, 0.6) is 0 Å². The van der Waals surface area contributed by atoms with Crippen LogP contribution in [0.15, 0.2) is 90.1 Å². The third-order valence-electron chi connectivity index (χ3n) is 5.58. The predicted octanol–water partition coefficient (Wildman–Crippen LogP) is 4.63. The minimum Gasteiger partial charge on any atom is -0.335 e. The van der Waals surface area contributed by atoms with Crippen LogP contribution in [0.1, 0.15) is 36.2 Å². The number of hydrogen-bond donors (Lipinski definition) is 3. The summed E-state index contributed by atoms with van der Waals surface area (Å²) in [4.78, 5) is 30.9. The van der Waals surface area contributed by atoms with Crippen molar-refractivity contribution in [2.75, 3.05) is 23.1 Å². The minimum absolute atomic E-state index is 0.0113. The first-order valence-electron chi connectivity index (χ1n) is 11.8. The summed E-state index contributed by atoms with van der Waals surface area (Å²) in [6.07, 6.45) is 4.05. The standard InChI is InChI=1S/C27H31N5O4S/c1-4-20(3)19-32(5-2)26(33)24-10-6-7-11-25(24)31-37(35,36)23-14-12-22(13-15-23)30-27(34)29-18-21-9-8-16-28-17-21/h6-17,31H,3-5,18-19H2,1-2H3,(H2,29,30,34). The number of rotatable bonds is 11. The first-order chi connectivity index (χ1) is 17.7. The molecule has 0 aliphatic rings. The SMILES string of the molecule is C=C(CC)CN(CC)C(=O)c1ccccc1NS(=O)(=O)c1ccc(NC(=O)NCc2cccnc2)cc1. The maximum Gasteiger partial charge on any atom is 0.319 e. The lowest BCUT2D eigenvalue weighted by Crippen LogP contribution is -2.33. The Kier molecular flexibility index (Phi) is 9.39. The fourth-order valence-electron chi connectivity index (χ4n) is 3.42. The maximum atomic E-state index is 13.2. The lowest BCUT2D eigenvalue weighted by Gasteiger charge is -2.23. The van der Waals surface area contributed by atoms with Crippen LogP contribution in [0.2, 0.25) is 0 Å². The number of sulfonamides is 1. The highest BCUT2D eigenvalue weighted by atomic mass is 32.2. The van der Waals surface area contributed by atoms with Gasteiger partial charge in [0.05, 0.1) is 16.1 Å². The second-order valence-electron chi connectivity index (χ2n) is 8.27. The zero-order valence-electron chi connectivity index (χ0n) is 20.9. The normalized spacial score (nSPS) is 10.9. The van der Waals surface area contributed by atoms with Gasteiger partial charge < -0.3 is 15.5 Å². The van der Waals surface area contributed by atoms with Gasteiger partial charge in [0.1, 0.15) is 0 Å². The molecule has 3 N–H and O–H groups in total. The molecule has 0 aliphatic heterocycles. The van der Waals surface area contributed by atoms with Crippen molar-refractivity contribution in [3.8, 4) is 0 Å². The summed E-state index contributed by atoms with van der Waals surface area (Å²) in [5, 5.41) is 5.37. The van der Waals surface area contributed by atoms with Crippen LogP contribution in [0.25, 0.3) is 0 Å². The van der Waals surface area contributed by atoms with Crippen LogP contribution in [0, 0.1) is 0 Å². The molecule has 0 spiro atoms. The zero-order valence-corrected chi connectivity index (χ0v) is 21.7. The molecule has 0 bridgehead atoms. The number of carbonyl (C=O) groups is 2. The average molecular weight is 522 g/mol. The minimum atomic E-state index is -3.99. The molecule has 0 aliphatic carbocycles. The van der Waals surface area contributed by atoms with E-state index in [2.05, 4.69) is 26.9 Å². The van der Waals surface area contributed by atoms with Crippen LogP contribution >= 0.6 is 0 Å². The van der Waals surface area contributed by atoms with Gasteiger partial charge in [-0.3, -0.25) is 14.5 Å². The molecule has 10 heteroatoms. The number of aromatic nitrogens is 1. The molecule has 0 unspecified atom stereocenters. The third-order valence-corrected chi connectivity index (χ3v) is 6.96. The van der Waals surface area contributed by atoms with Crippen molar-refractivity contribution in [3.63, 3.8) is 0 Å². The number of anilines is 2. The second kappa shape index (κ2) is 12.7. The van der Waals surface area contributed by atoms with Crippen LogP contribution < -0.4 is 15.4 Å². The van der Waals surface area contributed by atoms with Gasteiger partial charge >= 0.3 is 6.03 Å². The Morgan fingerprint density at radius 1 is 1.00 bits per heavy atom. The molecule has 3 rings (SSSR count). The number of amides is 3. The van der Waals surface area contributed by atoms with E-state index < -0.39 is 16.1 Å². The van der Waals surface area contributed by atoms with E-state index in [1.807, 2.05) is 19.9 Å². The van der Waals surface area contributed by atoms with Crippen LogP contribution in [-0.4, -0.2) is 43.3 Å². The largest absolute Gasteiger partial charge is 0.335 e. The summed E-state index contributed by atoms with van der Waals surface area (Å²) in [6, 6.07) is 15.4. The van der Waals surface area contributed by atoms with Gasteiger partial charge in [-0.05, 0) is 61.4 Å². The molecule has 1 heterocycles. The maximum absolute atomic E-state index is 13.2. The van der Waals surface area contributed by atoms with Gasteiger partial charge in [-0.25, -0.2) is 13.2 Å². The number of hydrogen-bond acceptors (Lipinski definition) is 5. The van der Waals surface area contributed by atoms with Gasteiger partial charge in [-0.15, -0.1) is 0 Å². The highest BCUT2D eigenvalue weighted by Crippen LogP contribution is 2.23. The lowest BCUT2D eigenvalue weighted by molar-refractivity contribution is 0.0778. The quantitative estimate of drug-likeness (QED) is 0.318. The molecule has 0 fully saturated rings. The van der Waals surface area contributed by atoms with Crippen molar-refractivity contribution < 1.29 is 18.0 Å². The van der Waals surface area contributed by atoms with Crippen molar-refractivity contribution >= 4 is 33.3 Å². The fourth-order valence-corrected chi connectivity index (χ4v) is 4.50. The van der Waals surface area contributed by atoms with Crippen molar-refractivity contribution in [1.82, 2.24) is 15.2 Å². The molecule has 0 radical (unpaired) electrons. The van der Waals surface area contributed by atoms with E-state index in [1.54, 1.807) is 47.6 Å². The molecule has 0 atom stereocenters. The van der Waals surface area contributed by atoms with Crippen molar-refractivity contribution in [2.45, 2.75) is 31.7 Å². The summed E-state index contributed by atoms with van der Waals surface area (Å²) in [5.41, 5.74) is 2.62. The molecule has 1 aromatic heterocycles. The number of para-hydroxylation sites is 1. The summed E-state index contributed by atoms with van der Waals surface area (Å²) < 4.78 is 28.7. The van der Waals surface area contributed by atoms with Crippen molar-refractivity contribution in [3.05, 3.63) is 96.3 Å². The summed E-state index contributed by atoms with van der Waals surface area (Å²) in [7, 11) is -3.99. The van der Waals surface area contributed by atoms with Crippen LogP contribution in [0.3, 0.4) is 0 Å². The second-order valence-corrected chi connectivity index (χ2v) is 9.95. The average Bonchev–Trinajstić information content (AvgIpc) is 2.91. The number of benzene rings is 2. The van der Waals surface area contributed by atoms with E-state index in [0.29, 0.717) is 25.3 Å². The summed E-state index contributed by atoms with van der Waals surface area (Å²) >= 11 is 0. The molecule has 0 saturated heterocycles. The zero-order chi connectivity index (χ0) is 26.8. The van der Waals surface area contributed by atoms with Crippen molar-refractivity contribution in [2.24, 2.45) is 0 Å². The molecular weight excluding hydrogens is 490 g/mol. The number of urea groups is 1. The molecular formula is C27H31N5O4S. The van der Waals surface area contributed by atoms with Gasteiger partial charge in [0, 0.05) is 37.7 Å². The predicted molar refractivity (Wildman–Crippen MR) is 145 cm³/mol. The highest BCUT2D eigenvalue weighted by molar-refractivity contribution is 7.92. The Bertz CT molecular complexity index is 1340. The van der Waals surface area contributed by atoms with Gasteiger partial charge in [0.15, 0.2) is 0 Å². The van der Waals surface area contributed by atoms with Gasteiger partial charge in [-0.2, -0.15) is 0 Å². The molecule has 2 aromatic carbocycles. The monoisotopic (exact) mass is 521 g/mol. The van der Waals surface area contributed by atoms with Crippen LogP contribution in [0.4, 0.5) is 16.2 Å². The first kappa shape index (κ1) is 27.4. The highest BCUT2D eigenvalue weighted by Gasteiger charge is 2.22. The van der Waals surface area contributed by atoms with E-state index in [9.17, 15) is 18.0 Å². The number of carbonyl (C=O) groups excluding carboxylic acids is 2. The molecule has 0 saturated carbocycles. The Labute approximate surface area is 217 Å². The van der Waals surface area contributed by atoms with Crippen LogP contribution in [-0.2, 0) is 16.6 Å².